The number of hydrogen-bond acceptors (Lipinski definition) is 2. The van der Waals surface area contributed by atoms with Crippen LogP contribution >= 0.6 is 11.6 Å². The van der Waals surface area contributed by atoms with Crippen LogP contribution in [0, 0.1) is 6.92 Å². The van der Waals surface area contributed by atoms with Crippen LogP contribution in [0.5, 0.6) is 0 Å². The minimum atomic E-state index is -0.00614. The van der Waals surface area contributed by atoms with Gasteiger partial charge in [0.05, 0.1) is 0 Å². The fraction of sp³-hybridized carbons (Fsp3) is 0.214. The molecule has 0 bridgehead atoms. The van der Waals surface area contributed by atoms with Gasteiger partial charge in [-0.25, -0.2) is 0 Å². The van der Waals surface area contributed by atoms with Crippen molar-refractivity contribution in [1.82, 2.24) is 4.98 Å². The van der Waals surface area contributed by atoms with E-state index in [2.05, 4.69) is 4.98 Å². The Balaban J connectivity index is 2.14. The van der Waals surface area contributed by atoms with Crippen LogP contribution in [0.2, 0.25) is 5.02 Å². The molecule has 17 heavy (non-hydrogen) atoms. The summed E-state index contributed by atoms with van der Waals surface area (Å²) in [6, 6.07) is 9.91. The van der Waals surface area contributed by atoms with Crippen LogP contribution in [0.1, 0.15) is 22.7 Å². The number of halogens is 1. The lowest BCUT2D eigenvalue weighted by Crippen LogP contribution is -2.13. The number of aromatic nitrogens is 1. The van der Waals surface area contributed by atoms with E-state index in [1.54, 1.807) is 12.4 Å². The number of benzene rings is 1. The highest BCUT2D eigenvalue weighted by Crippen LogP contribution is 2.21. The minimum absolute atomic E-state index is 0.00614. The second-order valence-electron chi connectivity index (χ2n) is 4.17. The molecule has 0 fully saturated rings. The SMILES string of the molecule is Cc1cc(C(N)Cc2ccncc2)ccc1Cl. The molecular weight excluding hydrogens is 232 g/mol. The molecule has 0 spiro atoms. The highest BCUT2D eigenvalue weighted by Gasteiger charge is 2.08. The van der Waals surface area contributed by atoms with Crippen LogP contribution < -0.4 is 5.73 Å². The Morgan fingerprint density at radius 3 is 2.59 bits per heavy atom. The van der Waals surface area contributed by atoms with Crippen molar-refractivity contribution in [3.63, 3.8) is 0 Å². The van der Waals surface area contributed by atoms with Crippen molar-refractivity contribution in [2.75, 3.05) is 0 Å². The molecule has 1 heterocycles. The molecule has 0 aliphatic rings. The van der Waals surface area contributed by atoms with Crippen LogP contribution in [0.15, 0.2) is 42.7 Å². The molecule has 0 radical (unpaired) electrons. The molecule has 0 aliphatic carbocycles. The Hall–Kier alpha value is -1.38. The summed E-state index contributed by atoms with van der Waals surface area (Å²) in [6.07, 6.45) is 4.38. The number of aryl methyl sites for hydroxylation is 1. The number of hydrogen-bond donors (Lipinski definition) is 1. The summed E-state index contributed by atoms with van der Waals surface area (Å²) < 4.78 is 0. The Bertz CT molecular complexity index is 497. The fourth-order valence-electron chi connectivity index (χ4n) is 1.79. The smallest absolute Gasteiger partial charge is 0.0435 e. The molecule has 0 aliphatic heterocycles. The standard InChI is InChI=1S/C14H15ClN2/c1-10-8-12(2-3-13(10)15)14(16)9-11-4-6-17-7-5-11/h2-8,14H,9,16H2,1H3. The first-order valence-electron chi connectivity index (χ1n) is 5.57. The predicted octanol–water partition coefficient (Wildman–Crippen LogP) is 3.29. The predicted molar refractivity (Wildman–Crippen MR) is 71.1 cm³/mol. The van der Waals surface area contributed by atoms with Gasteiger partial charge in [0.2, 0.25) is 0 Å². The van der Waals surface area contributed by atoms with Gasteiger partial charge >= 0.3 is 0 Å². The molecule has 3 heteroatoms. The van der Waals surface area contributed by atoms with Gasteiger partial charge in [-0.15, -0.1) is 0 Å². The quantitative estimate of drug-likeness (QED) is 0.903. The zero-order valence-electron chi connectivity index (χ0n) is 9.73. The topological polar surface area (TPSA) is 38.9 Å². The zero-order chi connectivity index (χ0) is 12.3. The van der Waals surface area contributed by atoms with Crippen LogP contribution in [0.25, 0.3) is 0 Å². The summed E-state index contributed by atoms with van der Waals surface area (Å²) in [5.74, 6) is 0. The van der Waals surface area contributed by atoms with E-state index >= 15 is 0 Å². The highest BCUT2D eigenvalue weighted by molar-refractivity contribution is 6.31. The maximum atomic E-state index is 6.18. The van der Waals surface area contributed by atoms with E-state index in [9.17, 15) is 0 Å². The zero-order valence-corrected chi connectivity index (χ0v) is 10.5. The van der Waals surface area contributed by atoms with Gasteiger partial charge in [0.15, 0.2) is 0 Å². The van der Waals surface area contributed by atoms with Crippen molar-refractivity contribution in [1.29, 1.82) is 0 Å². The van der Waals surface area contributed by atoms with Crippen molar-refractivity contribution < 1.29 is 0 Å². The molecule has 1 aromatic carbocycles. The number of rotatable bonds is 3. The lowest BCUT2D eigenvalue weighted by atomic mass is 9.99. The van der Waals surface area contributed by atoms with Crippen molar-refractivity contribution in [3.05, 3.63) is 64.4 Å². The van der Waals surface area contributed by atoms with E-state index < -0.39 is 0 Å². The van der Waals surface area contributed by atoms with Gasteiger partial charge in [-0.05, 0) is 48.2 Å². The molecule has 2 nitrogen and oxygen atoms in total. The minimum Gasteiger partial charge on any atom is -0.324 e. The van der Waals surface area contributed by atoms with E-state index in [0.29, 0.717) is 0 Å². The van der Waals surface area contributed by atoms with Gasteiger partial charge < -0.3 is 5.73 Å². The van der Waals surface area contributed by atoms with Gasteiger partial charge in [0, 0.05) is 23.5 Å². The summed E-state index contributed by atoms with van der Waals surface area (Å²) in [6.45, 7) is 1.99. The van der Waals surface area contributed by atoms with Crippen molar-refractivity contribution >= 4 is 11.6 Å². The van der Waals surface area contributed by atoms with Gasteiger partial charge in [-0.3, -0.25) is 4.98 Å². The summed E-state index contributed by atoms with van der Waals surface area (Å²) in [7, 11) is 0. The highest BCUT2D eigenvalue weighted by atomic mass is 35.5. The third kappa shape index (κ3) is 3.05. The first-order chi connectivity index (χ1) is 8.16. The molecule has 0 saturated carbocycles. The van der Waals surface area contributed by atoms with Gasteiger partial charge in [-0.1, -0.05) is 23.7 Å². The van der Waals surface area contributed by atoms with Crippen LogP contribution in [-0.2, 0) is 6.42 Å². The maximum absolute atomic E-state index is 6.18. The molecule has 1 unspecified atom stereocenters. The van der Waals surface area contributed by atoms with Gasteiger partial charge in [0.1, 0.15) is 0 Å². The van der Waals surface area contributed by atoms with E-state index in [4.69, 9.17) is 17.3 Å². The second-order valence-corrected chi connectivity index (χ2v) is 4.58. The summed E-state index contributed by atoms with van der Waals surface area (Å²) in [5.41, 5.74) is 9.56. The summed E-state index contributed by atoms with van der Waals surface area (Å²) in [5, 5.41) is 0.782. The van der Waals surface area contributed by atoms with E-state index in [0.717, 1.165) is 22.6 Å². The molecule has 2 aromatic rings. The lowest BCUT2D eigenvalue weighted by Gasteiger charge is -2.13. The van der Waals surface area contributed by atoms with Crippen LogP contribution in [-0.4, -0.2) is 4.98 Å². The molecule has 1 atom stereocenters. The third-order valence-electron chi connectivity index (χ3n) is 2.82. The summed E-state index contributed by atoms with van der Waals surface area (Å²) >= 11 is 6.00. The third-order valence-corrected chi connectivity index (χ3v) is 3.24. The molecular formula is C14H15ClN2. The first kappa shape index (κ1) is 12.1. The normalized spacial score (nSPS) is 12.4. The monoisotopic (exact) mass is 246 g/mol. The Morgan fingerprint density at radius 2 is 1.94 bits per heavy atom. The number of nitrogens with zero attached hydrogens (tertiary/aromatic N) is 1. The molecule has 0 amide bonds. The van der Waals surface area contributed by atoms with Gasteiger partial charge in [-0.2, -0.15) is 0 Å². The average Bonchev–Trinajstić information content (AvgIpc) is 2.34. The largest absolute Gasteiger partial charge is 0.324 e. The average molecular weight is 247 g/mol. The number of nitrogens with two attached hydrogens (primary N) is 1. The Labute approximate surface area is 106 Å². The maximum Gasteiger partial charge on any atom is 0.0435 e. The number of pyridine rings is 1. The Morgan fingerprint density at radius 1 is 1.24 bits per heavy atom. The van der Waals surface area contributed by atoms with Gasteiger partial charge in [0.25, 0.3) is 0 Å². The van der Waals surface area contributed by atoms with Crippen LogP contribution in [0.3, 0.4) is 0 Å². The van der Waals surface area contributed by atoms with Crippen LogP contribution in [0.4, 0.5) is 0 Å². The van der Waals surface area contributed by atoms with Crippen molar-refractivity contribution in [2.24, 2.45) is 5.73 Å². The molecule has 88 valence electrons. The van der Waals surface area contributed by atoms with E-state index in [1.165, 1.54) is 5.56 Å². The molecule has 2 rings (SSSR count). The van der Waals surface area contributed by atoms with Crippen molar-refractivity contribution in [3.8, 4) is 0 Å². The molecule has 1 aromatic heterocycles. The second kappa shape index (κ2) is 5.30. The Kier molecular flexibility index (Phi) is 3.77. The van der Waals surface area contributed by atoms with E-state index in [1.807, 2.05) is 37.3 Å². The molecule has 2 N–H and O–H groups in total. The first-order valence-corrected chi connectivity index (χ1v) is 5.95. The fourth-order valence-corrected chi connectivity index (χ4v) is 1.91. The van der Waals surface area contributed by atoms with Crippen molar-refractivity contribution in [2.45, 2.75) is 19.4 Å². The molecule has 0 saturated heterocycles. The van der Waals surface area contributed by atoms with E-state index in [-0.39, 0.29) is 6.04 Å². The summed E-state index contributed by atoms with van der Waals surface area (Å²) in [4.78, 5) is 3.99. The lowest BCUT2D eigenvalue weighted by molar-refractivity contribution is 0.720.